The number of fused-ring (bicyclic) bond motifs is 2. The maximum atomic E-state index is 12.2. The number of rotatable bonds is 1. The Labute approximate surface area is 125 Å². The van der Waals surface area contributed by atoms with Gasteiger partial charge in [-0.15, -0.1) is 0 Å². The molecule has 0 saturated carbocycles. The molecule has 2 atom stereocenters. The lowest BCUT2D eigenvalue weighted by atomic mass is 10.2. The van der Waals surface area contributed by atoms with Crippen LogP contribution in [0.1, 0.15) is 32.9 Å². The number of amides is 1. The number of hydrogen-bond donors (Lipinski definition) is 0. The summed E-state index contributed by atoms with van der Waals surface area (Å²) in [6.07, 6.45) is 2.70. The molecule has 2 saturated heterocycles. The highest BCUT2D eigenvalue weighted by atomic mass is 16.6. The second-order valence-corrected chi connectivity index (χ2v) is 6.98. The third-order valence-electron chi connectivity index (χ3n) is 4.08. The van der Waals surface area contributed by atoms with Gasteiger partial charge in [-0.05, 0) is 46.2 Å². The highest BCUT2D eigenvalue weighted by Gasteiger charge is 2.46. The number of likely N-dealkylation sites (tertiary alicyclic amines) is 1. The maximum Gasteiger partial charge on any atom is 0.410 e. The molecular formula is C16H23N3O2. The molecule has 2 bridgehead atoms. The van der Waals surface area contributed by atoms with E-state index in [1.54, 1.807) is 0 Å². The Bertz CT molecular complexity index is 553. The van der Waals surface area contributed by atoms with E-state index in [4.69, 9.17) is 4.74 Å². The molecule has 0 aromatic carbocycles. The number of carbonyl (C=O) groups excluding carboxylic acids is 1. The van der Waals surface area contributed by atoms with Crippen LogP contribution in [-0.2, 0) is 4.74 Å². The van der Waals surface area contributed by atoms with Gasteiger partial charge in [-0.2, -0.15) is 0 Å². The molecule has 3 heterocycles. The third-order valence-corrected chi connectivity index (χ3v) is 4.08. The quantitative estimate of drug-likeness (QED) is 0.797. The van der Waals surface area contributed by atoms with E-state index >= 15 is 0 Å². The monoisotopic (exact) mass is 289 g/mol. The molecule has 0 aliphatic carbocycles. The number of pyridine rings is 1. The van der Waals surface area contributed by atoms with Crippen molar-refractivity contribution >= 4 is 11.8 Å². The minimum atomic E-state index is -0.430. The van der Waals surface area contributed by atoms with E-state index in [0.29, 0.717) is 6.04 Å². The molecule has 1 aromatic heterocycles. The molecular weight excluding hydrogens is 266 g/mol. The van der Waals surface area contributed by atoms with E-state index in [0.717, 1.165) is 25.2 Å². The lowest BCUT2D eigenvalue weighted by Gasteiger charge is -2.36. The molecule has 1 aromatic rings. The molecule has 0 unspecified atom stereocenters. The molecule has 5 heteroatoms. The number of aromatic nitrogens is 1. The van der Waals surface area contributed by atoms with Gasteiger partial charge in [-0.1, -0.05) is 0 Å². The summed E-state index contributed by atoms with van der Waals surface area (Å²) in [5.74, 6) is 0. The van der Waals surface area contributed by atoms with Gasteiger partial charge in [0.05, 0.1) is 6.04 Å². The minimum Gasteiger partial charge on any atom is -0.444 e. The van der Waals surface area contributed by atoms with Gasteiger partial charge in [0, 0.05) is 36.7 Å². The van der Waals surface area contributed by atoms with Crippen molar-refractivity contribution in [2.45, 2.75) is 51.8 Å². The van der Waals surface area contributed by atoms with Crippen LogP contribution >= 0.6 is 0 Å². The summed E-state index contributed by atoms with van der Waals surface area (Å²) in [5.41, 5.74) is 1.80. The Morgan fingerprint density at radius 3 is 2.67 bits per heavy atom. The van der Waals surface area contributed by atoms with Crippen molar-refractivity contribution in [1.29, 1.82) is 0 Å². The minimum absolute atomic E-state index is 0.180. The van der Waals surface area contributed by atoms with Gasteiger partial charge >= 0.3 is 6.09 Å². The Morgan fingerprint density at radius 1 is 1.33 bits per heavy atom. The first-order chi connectivity index (χ1) is 9.83. The smallest absolute Gasteiger partial charge is 0.410 e. The van der Waals surface area contributed by atoms with Crippen molar-refractivity contribution in [1.82, 2.24) is 9.88 Å². The first kappa shape index (κ1) is 14.2. The van der Waals surface area contributed by atoms with Gasteiger partial charge in [0.15, 0.2) is 0 Å². The second kappa shape index (κ2) is 4.90. The number of ether oxygens (including phenoxy) is 1. The van der Waals surface area contributed by atoms with Gasteiger partial charge in [-0.25, -0.2) is 4.79 Å². The van der Waals surface area contributed by atoms with E-state index in [9.17, 15) is 4.79 Å². The Balaban J connectivity index is 1.68. The summed E-state index contributed by atoms with van der Waals surface area (Å²) >= 11 is 0. The molecule has 0 spiro atoms. The Hall–Kier alpha value is -1.78. The zero-order valence-electron chi connectivity index (χ0n) is 13.2. The van der Waals surface area contributed by atoms with Crippen molar-refractivity contribution < 1.29 is 9.53 Å². The molecule has 3 rings (SSSR count). The third kappa shape index (κ3) is 2.82. The van der Waals surface area contributed by atoms with E-state index in [-0.39, 0.29) is 12.1 Å². The predicted molar refractivity (Wildman–Crippen MR) is 81.5 cm³/mol. The van der Waals surface area contributed by atoms with Gasteiger partial charge in [0.1, 0.15) is 5.60 Å². The van der Waals surface area contributed by atoms with Crippen LogP contribution < -0.4 is 4.90 Å². The summed E-state index contributed by atoms with van der Waals surface area (Å²) in [6.45, 7) is 9.36. The van der Waals surface area contributed by atoms with Crippen LogP contribution in [0.25, 0.3) is 0 Å². The molecule has 21 heavy (non-hydrogen) atoms. The number of aryl methyl sites for hydroxylation is 1. The average Bonchev–Trinajstić information content (AvgIpc) is 2.96. The number of hydrogen-bond acceptors (Lipinski definition) is 4. The van der Waals surface area contributed by atoms with Crippen molar-refractivity contribution in [2.24, 2.45) is 0 Å². The van der Waals surface area contributed by atoms with Gasteiger partial charge in [0.25, 0.3) is 0 Å². The van der Waals surface area contributed by atoms with Crippen LogP contribution in [0, 0.1) is 6.92 Å². The van der Waals surface area contributed by atoms with Crippen LogP contribution in [0.4, 0.5) is 10.5 Å². The van der Waals surface area contributed by atoms with Crippen molar-refractivity contribution in [3.8, 4) is 0 Å². The average molecular weight is 289 g/mol. The normalized spacial score (nSPS) is 24.6. The van der Waals surface area contributed by atoms with Gasteiger partial charge in [0.2, 0.25) is 0 Å². The summed E-state index contributed by atoms with van der Waals surface area (Å²) in [4.78, 5) is 20.7. The molecule has 5 nitrogen and oxygen atoms in total. The summed E-state index contributed by atoms with van der Waals surface area (Å²) < 4.78 is 5.49. The summed E-state index contributed by atoms with van der Waals surface area (Å²) in [5, 5.41) is 0. The predicted octanol–water partition coefficient (Wildman–Crippen LogP) is 2.59. The molecule has 2 aliphatic heterocycles. The zero-order valence-corrected chi connectivity index (χ0v) is 13.2. The molecule has 2 aliphatic rings. The maximum absolute atomic E-state index is 12.2. The van der Waals surface area contributed by atoms with E-state index in [1.165, 1.54) is 5.69 Å². The SMILES string of the molecule is Cc1cc(N2C[C@@H]3C[C@H]2CN3C(=O)OC(C)(C)C)ccn1. The summed E-state index contributed by atoms with van der Waals surface area (Å²) in [7, 11) is 0. The fourth-order valence-corrected chi connectivity index (χ4v) is 3.24. The fraction of sp³-hybridized carbons (Fsp3) is 0.625. The first-order valence-corrected chi connectivity index (χ1v) is 7.52. The summed E-state index contributed by atoms with van der Waals surface area (Å²) in [6, 6.07) is 4.81. The van der Waals surface area contributed by atoms with Gasteiger partial charge in [-0.3, -0.25) is 4.98 Å². The van der Waals surface area contributed by atoms with Crippen LogP contribution in [0.5, 0.6) is 0 Å². The Morgan fingerprint density at radius 2 is 2.10 bits per heavy atom. The molecule has 2 fully saturated rings. The molecule has 114 valence electrons. The molecule has 0 N–H and O–H groups in total. The lowest BCUT2D eigenvalue weighted by molar-refractivity contribution is 0.0215. The van der Waals surface area contributed by atoms with Crippen LogP contribution in [-0.4, -0.2) is 46.8 Å². The van der Waals surface area contributed by atoms with Crippen molar-refractivity contribution in [3.63, 3.8) is 0 Å². The Kier molecular flexibility index (Phi) is 3.30. The highest BCUT2D eigenvalue weighted by Crippen LogP contribution is 2.35. The lowest BCUT2D eigenvalue weighted by Crippen LogP contribution is -2.50. The molecule has 1 amide bonds. The van der Waals surface area contributed by atoms with Crippen molar-refractivity contribution in [2.75, 3.05) is 18.0 Å². The van der Waals surface area contributed by atoms with Crippen LogP contribution in [0.15, 0.2) is 18.3 Å². The fourth-order valence-electron chi connectivity index (χ4n) is 3.24. The number of carbonyl (C=O) groups is 1. The van der Waals surface area contributed by atoms with E-state index in [2.05, 4.69) is 16.0 Å². The standard InChI is InChI=1S/C16H23N3O2/c1-11-7-12(5-6-17-11)18-9-14-8-13(18)10-19(14)15(20)21-16(2,3)4/h5-7,13-14H,8-10H2,1-4H3/t13-,14-/m0/s1. The van der Waals surface area contributed by atoms with Crippen LogP contribution in [0.2, 0.25) is 0 Å². The van der Waals surface area contributed by atoms with Crippen molar-refractivity contribution in [3.05, 3.63) is 24.0 Å². The van der Waals surface area contributed by atoms with E-state index in [1.807, 2.05) is 44.9 Å². The zero-order chi connectivity index (χ0) is 15.2. The highest BCUT2D eigenvalue weighted by molar-refractivity contribution is 5.70. The largest absolute Gasteiger partial charge is 0.444 e. The van der Waals surface area contributed by atoms with E-state index < -0.39 is 5.60 Å². The van der Waals surface area contributed by atoms with Gasteiger partial charge < -0.3 is 14.5 Å². The number of anilines is 1. The van der Waals surface area contributed by atoms with Crippen LogP contribution in [0.3, 0.4) is 0 Å². The second-order valence-electron chi connectivity index (χ2n) is 6.98. The number of piperazine rings is 1. The first-order valence-electron chi connectivity index (χ1n) is 7.52. The number of nitrogens with zero attached hydrogens (tertiary/aromatic N) is 3. The molecule has 0 radical (unpaired) electrons. The topological polar surface area (TPSA) is 45.7 Å².